The maximum Gasteiger partial charge on any atom is 0.329 e. The van der Waals surface area contributed by atoms with Gasteiger partial charge in [0.25, 0.3) is 5.56 Å². The summed E-state index contributed by atoms with van der Waals surface area (Å²) in [5, 5.41) is 3.09. The lowest BCUT2D eigenvalue weighted by molar-refractivity contribution is -0.116. The third kappa shape index (κ3) is 3.83. The molecule has 0 radical (unpaired) electrons. The van der Waals surface area contributed by atoms with Gasteiger partial charge in [-0.05, 0) is 49.9 Å². The van der Waals surface area contributed by atoms with Crippen molar-refractivity contribution in [3.63, 3.8) is 0 Å². The highest BCUT2D eigenvalue weighted by Crippen LogP contribution is 2.25. The Kier molecular flexibility index (Phi) is 4.97. The van der Waals surface area contributed by atoms with Crippen molar-refractivity contribution in [1.29, 1.82) is 0 Å². The first-order chi connectivity index (χ1) is 13.6. The Balaban J connectivity index is 1.50. The first kappa shape index (κ1) is 18.0. The lowest BCUT2D eigenvalue weighted by Crippen LogP contribution is -2.38. The Morgan fingerprint density at radius 3 is 2.71 bits per heavy atom. The third-order valence-corrected chi connectivity index (χ3v) is 4.91. The van der Waals surface area contributed by atoms with Gasteiger partial charge in [-0.2, -0.15) is 0 Å². The summed E-state index contributed by atoms with van der Waals surface area (Å²) in [5.41, 5.74) is -0.0957. The van der Waals surface area contributed by atoms with Crippen molar-refractivity contribution in [3.05, 3.63) is 69.4 Å². The molecule has 144 valence electrons. The topological polar surface area (TPSA) is 93.2 Å². The quantitative estimate of drug-likeness (QED) is 0.713. The van der Waals surface area contributed by atoms with E-state index in [4.69, 9.17) is 4.74 Å². The Morgan fingerprint density at radius 2 is 1.89 bits per heavy atom. The van der Waals surface area contributed by atoms with Crippen LogP contribution in [0.15, 0.2) is 58.1 Å². The number of aromatic amines is 1. The molecule has 0 atom stereocenters. The highest BCUT2D eigenvalue weighted by atomic mass is 16.5. The predicted molar refractivity (Wildman–Crippen MR) is 107 cm³/mol. The zero-order valence-electron chi connectivity index (χ0n) is 15.3. The molecule has 1 aliphatic carbocycles. The molecule has 7 nitrogen and oxygen atoms in total. The van der Waals surface area contributed by atoms with Crippen molar-refractivity contribution in [2.75, 3.05) is 5.32 Å². The number of anilines is 1. The molecule has 0 bridgehead atoms. The van der Waals surface area contributed by atoms with Crippen LogP contribution in [0.5, 0.6) is 5.75 Å². The summed E-state index contributed by atoms with van der Waals surface area (Å²) in [6.07, 6.45) is 4.67. The van der Waals surface area contributed by atoms with Crippen LogP contribution < -0.4 is 21.3 Å². The largest absolute Gasteiger partial charge is 0.490 e. The molecule has 0 aliphatic heterocycles. The summed E-state index contributed by atoms with van der Waals surface area (Å²) in [4.78, 5) is 39.8. The van der Waals surface area contributed by atoms with Crippen LogP contribution >= 0.6 is 0 Å². The second-order valence-electron chi connectivity index (χ2n) is 6.97. The summed E-state index contributed by atoms with van der Waals surface area (Å²) >= 11 is 0. The van der Waals surface area contributed by atoms with Crippen molar-refractivity contribution in [2.45, 2.75) is 38.3 Å². The second-order valence-corrected chi connectivity index (χ2v) is 6.97. The second kappa shape index (κ2) is 7.72. The summed E-state index contributed by atoms with van der Waals surface area (Å²) < 4.78 is 6.84. The maximum absolute atomic E-state index is 12.5. The van der Waals surface area contributed by atoms with E-state index in [0.717, 1.165) is 17.4 Å². The van der Waals surface area contributed by atoms with Crippen LogP contribution in [0.25, 0.3) is 10.9 Å². The lowest BCUT2D eigenvalue weighted by Gasteiger charge is -2.14. The molecule has 2 N–H and O–H groups in total. The molecule has 0 unspecified atom stereocenters. The average Bonchev–Trinajstić information content (AvgIpc) is 3.18. The van der Waals surface area contributed by atoms with E-state index < -0.39 is 17.2 Å². The summed E-state index contributed by atoms with van der Waals surface area (Å²) in [6.45, 7) is -0.368. The number of carbonyl (C=O) groups excluding carboxylic acids is 1. The van der Waals surface area contributed by atoms with Crippen molar-refractivity contribution >= 4 is 22.5 Å². The molecule has 3 aromatic rings. The van der Waals surface area contributed by atoms with E-state index in [1.807, 2.05) is 6.07 Å². The Hall–Kier alpha value is -3.35. The average molecular weight is 379 g/mol. The molecule has 4 rings (SSSR count). The Labute approximate surface area is 161 Å². The molecule has 1 aliphatic rings. The first-order valence-corrected chi connectivity index (χ1v) is 9.38. The lowest BCUT2D eigenvalue weighted by atomic mass is 10.2. The molecule has 2 aromatic carbocycles. The fourth-order valence-electron chi connectivity index (χ4n) is 3.53. The van der Waals surface area contributed by atoms with Gasteiger partial charge >= 0.3 is 5.69 Å². The van der Waals surface area contributed by atoms with Gasteiger partial charge in [0.15, 0.2) is 0 Å². The van der Waals surface area contributed by atoms with Crippen LogP contribution in [0.1, 0.15) is 25.7 Å². The molecule has 1 amide bonds. The van der Waals surface area contributed by atoms with E-state index in [1.165, 1.54) is 12.8 Å². The fraction of sp³-hybridized carbons (Fsp3) is 0.286. The van der Waals surface area contributed by atoms with Crippen LogP contribution in [0.4, 0.5) is 5.69 Å². The standard InChI is InChI=1S/C21H21N3O4/c25-19(13-24-20(26)17-10-3-4-11-18(17)23-21(24)27)22-14-6-5-9-16(12-14)28-15-7-1-2-8-15/h3-6,9-12,15H,1-2,7-8,13H2,(H,22,25)(H,23,27). The molecule has 1 saturated carbocycles. The minimum Gasteiger partial charge on any atom is -0.490 e. The molecule has 1 fully saturated rings. The zero-order chi connectivity index (χ0) is 19.5. The molecular formula is C21H21N3O4. The van der Waals surface area contributed by atoms with Crippen molar-refractivity contribution in [1.82, 2.24) is 9.55 Å². The number of carbonyl (C=O) groups is 1. The van der Waals surface area contributed by atoms with Gasteiger partial charge in [0.05, 0.1) is 17.0 Å². The summed E-state index contributed by atoms with van der Waals surface area (Å²) in [5.74, 6) is 0.242. The number of aromatic nitrogens is 2. The normalized spacial score (nSPS) is 14.3. The van der Waals surface area contributed by atoms with E-state index >= 15 is 0 Å². The number of rotatable bonds is 5. The minimum atomic E-state index is -0.614. The van der Waals surface area contributed by atoms with Gasteiger partial charge in [0, 0.05) is 11.8 Å². The molecule has 1 aromatic heterocycles. The van der Waals surface area contributed by atoms with Gasteiger partial charge in [-0.3, -0.25) is 14.2 Å². The zero-order valence-corrected chi connectivity index (χ0v) is 15.3. The van der Waals surface area contributed by atoms with Crippen LogP contribution in [0, 0.1) is 0 Å². The number of para-hydroxylation sites is 1. The van der Waals surface area contributed by atoms with Crippen molar-refractivity contribution in [3.8, 4) is 5.75 Å². The van der Waals surface area contributed by atoms with Gasteiger partial charge < -0.3 is 15.0 Å². The number of nitrogens with zero attached hydrogens (tertiary/aromatic N) is 1. The minimum absolute atomic E-state index is 0.223. The SMILES string of the molecule is O=C(Cn1c(=O)[nH]c2ccccc2c1=O)Nc1cccc(OC2CCCC2)c1. The third-order valence-electron chi connectivity index (χ3n) is 4.91. The number of nitrogens with one attached hydrogen (secondary N) is 2. The highest BCUT2D eigenvalue weighted by molar-refractivity contribution is 5.91. The van der Waals surface area contributed by atoms with Crippen molar-refractivity contribution < 1.29 is 9.53 Å². The summed E-state index contributed by atoms with van der Waals surface area (Å²) in [6, 6.07) is 13.9. The van der Waals surface area contributed by atoms with E-state index in [1.54, 1.807) is 42.5 Å². The van der Waals surface area contributed by atoms with E-state index in [-0.39, 0.29) is 12.6 Å². The van der Waals surface area contributed by atoms with E-state index in [0.29, 0.717) is 22.3 Å². The maximum atomic E-state index is 12.5. The van der Waals surface area contributed by atoms with Crippen molar-refractivity contribution in [2.24, 2.45) is 0 Å². The molecule has 1 heterocycles. The van der Waals surface area contributed by atoms with Gasteiger partial charge in [-0.1, -0.05) is 18.2 Å². The summed E-state index contributed by atoms with van der Waals surface area (Å²) in [7, 11) is 0. The molecular weight excluding hydrogens is 358 g/mol. The Morgan fingerprint density at radius 1 is 1.11 bits per heavy atom. The number of amides is 1. The molecule has 7 heteroatoms. The van der Waals surface area contributed by atoms with Crippen LogP contribution in [0.2, 0.25) is 0 Å². The number of hydrogen-bond acceptors (Lipinski definition) is 4. The molecule has 0 saturated heterocycles. The number of ether oxygens (including phenoxy) is 1. The first-order valence-electron chi connectivity index (χ1n) is 9.38. The monoisotopic (exact) mass is 379 g/mol. The molecule has 28 heavy (non-hydrogen) atoms. The van der Waals surface area contributed by atoms with Crippen LogP contribution in [-0.2, 0) is 11.3 Å². The highest BCUT2D eigenvalue weighted by Gasteiger charge is 2.17. The predicted octanol–water partition coefficient (Wildman–Crippen LogP) is 2.65. The smallest absolute Gasteiger partial charge is 0.329 e. The Bertz CT molecular complexity index is 1130. The van der Waals surface area contributed by atoms with Gasteiger partial charge in [0.2, 0.25) is 5.91 Å². The number of benzene rings is 2. The van der Waals surface area contributed by atoms with Gasteiger partial charge in [0.1, 0.15) is 12.3 Å². The fourth-order valence-corrected chi connectivity index (χ4v) is 3.53. The number of H-pyrrole nitrogens is 1. The van der Waals surface area contributed by atoms with E-state index in [2.05, 4.69) is 10.3 Å². The molecule has 0 spiro atoms. The van der Waals surface area contributed by atoms with Gasteiger partial charge in [-0.15, -0.1) is 0 Å². The van der Waals surface area contributed by atoms with Crippen LogP contribution in [-0.4, -0.2) is 21.6 Å². The van der Waals surface area contributed by atoms with Crippen LogP contribution in [0.3, 0.4) is 0 Å². The van der Waals surface area contributed by atoms with Gasteiger partial charge in [-0.25, -0.2) is 4.79 Å². The van der Waals surface area contributed by atoms with E-state index in [9.17, 15) is 14.4 Å². The number of fused-ring (bicyclic) bond motifs is 1. The number of hydrogen-bond donors (Lipinski definition) is 2.